The summed E-state index contributed by atoms with van der Waals surface area (Å²) in [5, 5.41) is 5.80. The third kappa shape index (κ3) is 8.03. The first-order valence-electron chi connectivity index (χ1n) is 8.74. The van der Waals surface area contributed by atoms with Gasteiger partial charge >= 0.3 is 0 Å². The van der Waals surface area contributed by atoms with Gasteiger partial charge in [0.15, 0.2) is 5.96 Å². The van der Waals surface area contributed by atoms with Crippen LogP contribution in [0.5, 0.6) is 11.5 Å². The molecular formula is C20H27IN4O3. The van der Waals surface area contributed by atoms with E-state index in [0.717, 1.165) is 11.4 Å². The lowest BCUT2D eigenvalue weighted by molar-refractivity contribution is 0.0955. The SMILES string of the molecule is COc1ccc(C(=O)NCCN=C(N)Nc2ccc(OC(C)C)cc2)cc1.I. The van der Waals surface area contributed by atoms with Crippen LogP contribution in [0.3, 0.4) is 0 Å². The normalized spacial score (nSPS) is 10.8. The van der Waals surface area contributed by atoms with Crippen molar-refractivity contribution in [2.24, 2.45) is 10.7 Å². The molecule has 0 saturated heterocycles. The summed E-state index contributed by atoms with van der Waals surface area (Å²) in [5.41, 5.74) is 7.24. The van der Waals surface area contributed by atoms with Gasteiger partial charge in [0, 0.05) is 17.8 Å². The maximum Gasteiger partial charge on any atom is 0.251 e. The molecule has 7 nitrogen and oxygen atoms in total. The number of carbonyl (C=O) groups is 1. The molecule has 0 heterocycles. The van der Waals surface area contributed by atoms with E-state index in [1.54, 1.807) is 31.4 Å². The molecule has 0 radical (unpaired) electrons. The number of halogens is 1. The Morgan fingerprint density at radius 3 is 2.25 bits per heavy atom. The standard InChI is InChI=1S/C20H26N4O3.HI/c1-14(2)27-18-10-6-16(7-11-18)24-20(21)23-13-12-22-19(25)15-4-8-17(26-3)9-5-15;/h4-11,14H,12-13H2,1-3H3,(H,22,25)(H3,21,23,24);1H. The summed E-state index contributed by atoms with van der Waals surface area (Å²) in [7, 11) is 1.58. The number of amides is 1. The van der Waals surface area contributed by atoms with Gasteiger partial charge in [0.05, 0.1) is 19.8 Å². The Labute approximate surface area is 182 Å². The van der Waals surface area contributed by atoms with Crippen LogP contribution in [0.15, 0.2) is 53.5 Å². The monoisotopic (exact) mass is 498 g/mol. The van der Waals surface area contributed by atoms with E-state index in [1.165, 1.54) is 0 Å². The van der Waals surface area contributed by atoms with Crippen molar-refractivity contribution in [3.63, 3.8) is 0 Å². The van der Waals surface area contributed by atoms with Gasteiger partial charge in [-0.3, -0.25) is 9.79 Å². The van der Waals surface area contributed by atoms with E-state index in [4.69, 9.17) is 15.2 Å². The highest BCUT2D eigenvalue weighted by Crippen LogP contribution is 2.16. The van der Waals surface area contributed by atoms with Crippen molar-refractivity contribution in [3.8, 4) is 11.5 Å². The molecule has 0 aromatic heterocycles. The van der Waals surface area contributed by atoms with E-state index >= 15 is 0 Å². The molecule has 4 N–H and O–H groups in total. The number of rotatable bonds is 8. The number of hydrogen-bond acceptors (Lipinski definition) is 4. The van der Waals surface area contributed by atoms with Crippen molar-refractivity contribution in [1.82, 2.24) is 5.32 Å². The zero-order valence-electron chi connectivity index (χ0n) is 16.3. The van der Waals surface area contributed by atoms with Crippen LogP contribution in [-0.2, 0) is 0 Å². The Morgan fingerprint density at radius 1 is 1.07 bits per heavy atom. The highest BCUT2D eigenvalue weighted by atomic mass is 127. The van der Waals surface area contributed by atoms with Gasteiger partial charge in [0.25, 0.3) is 5.91 Å². The Kier molecular flexibility index (Phi) is 10.1. The zero-order chi connectivity index (χ0) is 19.6. The number of nitrogens with zero attached hydrogens (tertiary/aromatic N) is 1. The van der Waals surface area contributed by atoms with E-state index < -0.39 is 0 Å². The summed E-state index contributed by atoms with van der Waals surface area (Å²) < 4.78 is 10.7. The maximum absolute atomic E-state index is 12.0. The Balaban J connectivity index is 0.00000392. The predicted molar refractivity (Wildman–Crippen MR) is 123 cm³/mol. The number of methoxy groups -OCH3 is 1. The fourth-order valence-corrected chi connectivity index (χ4v) is 2.27. The van der Waals surface area contributed by atoms with Gasteiger partial charge in [-0.2, -0.15) is 0 Å². The molecule has 2 aromatic carbocycles. The van der Waals surface area contributed by atoms with E-state index in [1.807, 2.05) is 38.1 Å². The zero-order valence-corrected chi connectivity index (χ0v) is 18.6. The van der Waals surface area contributed by atoms with Gasteiger partial charge in [0.2, 0.25) is 0 Å². The second-order valence-corrected chi connectivity index (χ2v) is 6.07. The van der Waals surface area contributed by atoms with Gasteiger partial charge in [-0.1, -0.05) is 0 Å². The molecule has 2 rings (SSSR count). The molecule has 28 heavy (non-hydrogen) atoms. The number of aliphatic imine (C=N–C) groups is 1. The van der Waals surface area contributed by atoms with Crippen molar-refractivity contribution < 1.29 is 14.3 Å². The van der Waals surface area contributed by atoms with E-state index in [2.05, 4.69) is 15.6 Å². The topological polar surface area (TPSA) is 98.0 Å². The van der Waals surface area contributed by atoms with Crippen molar-refractivity contribution in [2.45, 2.75) is 20.0 Å². The Hall–Kier alpha value is -2.49. The summed E-state index contributed by atoms with van der Waals surface area (Å²) in [5.74, 6) is 1.62. The third-order valence-corrected chi connectivity index (χ3v) is 3.53. The minimum absolute atomic E-state index is 0. The second-order valence-electron chi connectivity index (χ2n) is 6.07. The lowest BCUT2D eigenvalue weighted by Crippen LogP contribution is -2.28. The smallest absolute Gasteiger partial charge is 0.251 e. The molecule has 0 aliphatic carbocycles. The summed E-state index contributed by atoms with van der Waals surface area (Å²) in [6.07, 6.45) is 0.128. The molecule has 152 valence electrons. The predicted octanol–water partition coefficient (Wildman–Crippen LogP) is 3.26. The van der Waals surface area contributed by atoms with E-state index in [9.17, 15) is 4.79 Å². The van der Waals surface area contributed by atoms with Crippen LogP contribution in [0.4, 0.5) is 5.69 Å². The first kappa shape index (κ1) is 23.5. The fourth-order valence-electron chi connectivity index (χ4n) is 2.27. The lowest BCUT2D eigenvalue weighted by Gasteiger charge is -2.11. The number of carbonyl (C=O) groups excluding carboxylic acids is 1. The van der Waals surface area contributed by atoms with Gasteiger partial charge in [0.1, 0.15) is 11.5 Å². The molecular weight excluding hydrogens is 471 g/mol. The highest BCUT2D eigenvalue weighted by Gasteiger charge is 2.04. The van der Waals surface area contributed by atoms with E-state index in [0.29, 0.717) is 24.4 Å². The number of nitrogens with two attached hydrogens (primary N) is 1. The average Bonchev–Trinajstić information content (AvgIpc) is 2.66. The second kappa shape index (κ2) is 12.1. The lowest BCUT2D eigenvalue weighted by atomic mass is 10.2. The van der Waals surface area contributed by atoms with Crippen molar-refractivity contribution in [3.05, 3.63) is 54.1 Å². The summed E-state index contributed by atoms with van der Waals surface area (Å²) in [6, 6.07) is 14.4. The largest absolute Gasteiger partial charge is 0.497 e. The van der Waals surface area contributed by atoms with Crippen molar-refractivity contribution in [2.75, 3.05) is 25.5 Å². The molecule has 0 aliphatic heterocycles. The molecule has 2 aromatic rings. The molecule has 0 atom stereocenters. The van der Waals surface area contributed by atoms with Crippen LogP contribution in [-0.4, -0.2) is 38.2 Å². The van der Waals surface area contributed by atoms with Gasteiger partial charge in [-0.25, -0.2) is 0 Å². The molecule has 0 unspecified atom stereocenters. The fraction of sp³-hybridized carbons (Fsp3) is 0.300. The Bertz CT molecular complexity index is 762. The van der Waals surface area contributed by atoms with Crippen LogP contribution < -0.4 is 25.8 Å². The summed E-state index contributed by atoms with van der Waals surface area (Å²) in [4.78, 5) is 16.2. The quantitative estimate of drug-likeness (QED) is 0.225. The van der Waals surface area contributed by atoms with E-state index in [-0.39, 0.29) is 41.9 Å². The number of benzene rings is 2. The third-order valence-electron chi connectivity index (χ3n) is 3.53. The summed E-state index contributed by atoms with van der Waals surface area (Å²) >= 11 is 0. The van der Waals surface area contributed by atoms with Gasteiger partial charge in [-0.15, -0.1) is 24.0 Å². The van der Waals surface area contributed by atoms with Crippen molar-refractivity contribution in [1.29, 1.82) is 0 Å². The molecule has 0 spiro atoms. The van der Waals surface area contributed by atoms with Crippen LogP contribution in [0.1, 0.15) is 24.2 Å². The maximum atomic E-state index is 12.0. The first-order chi connectivity index (χ1) is 13.0. The minimum atomic E-state index is -0.167. The first-order valence-corrected chi connectivity index (χ1v) is 8.74. The molecule has 1 amide bonds. The number of nitrogens with one attached hydrogen (secondary N) is 2. The molecule has 0 aliphatic rings. The van der Waals surface area contributed by atoms with Crippen LogP contribution in [0, 0.1) is 0 Å². The van der Waals surface area contributed by atoms with Crippen LogP contribution in [0.2, 0.25) is 0 Å². The summed E-state index contributed by atoms with van der Waals surface area (Å²) in [6.45, 7) is 4.71. The van der Waals surface area contributed by atoms with Crippen LogP contribution in [0.25, 0.3) is 0 Å². The number of guanidine groups is 1. The number of anilines is 1. The molecule has 0 saturated carbocycles. The van der Waals surface area contributed by atoms with Crippen molar-refractivity contribution >= 4 is 41.5 Å². The number of hydrogen-bond donors (Lipinski definition) is 3. The average molecular weight is 498 g/mol. The van der Waals surface area contributed by atoms with Gasteiger partial charge < -0.3 is 25.8 Å². The van der Waals surface area contributed by atoms with Gasteiger partial charge in [-0.05, 0) is 62.4 Å². The number of ether oxygens (including phenoxy) is 2. The van der Waals surface area contributed by atoms with Crippen LogP contribution >= 0.6 is 24.0 Å². The molecule has 0 bridgehead atoms. The Morgan fingerprint density at radius 2 is 1.68 bits per heavy atom. The minimum Gasteiger partial charge on any atom is -0.497 e. The molecule has 8 heteroatoms. The highest BCUT2D eigenvalue weighted by molar-refractivity contribution is 14.0. The molecule has 0 fully saturated rings.